The Balaban J connectivity index is 1.13. The highest BCUT2D eigenvalue weighted by Crippen LogP contribution is 2.64. The number of anilines is 3. The number of aromatic hydroxyl groups is 1. The number of allylic oxidation sites excluding steroid dienone is 2. The summed E-state index contributed by atoms with van der Waals surface area (Å²) in [7, 11) is 3.93. The first-order valence-corrected chi connectivity index (χ1v) is 17.7. The van der Waals surface area contributed by atoms with Crippen LogP contribution in [0.25, 0.3) is 0 Å². The van der Waals surface area contributed by atoms with Gasteiger partial charge in [-0.2, -0.15) is 10.2 Å². The lowest BCUT2D eigenvalue weighted by Gasteiger charge is -2.49. The van der Waals surface area contributed by atoms with Gasteiger partial charge in [0.25, 0.3) is 0 Å². The maximum atomic E-state index is 14.5. The van der Waals surface area contributed by atoms with Crippen LogP contribution in [-0.2, 0) is 19.2 Å². The molecule has 0 spiro atoms. The Morgan fingerprint density at radius 1 is 0.769 bits per heavy atom. The van der Waals surface area contributed by atoms with E-state index in [0.29, 0.717) is 33.3 Å². The number of nitrogens with zero attached hydrogens (tertiary/aromatic N) is 5. The molecule has 1 saturated carbocycles. The van der Waals surface area contributed by atoms with E-state index >= 15 is 0 Å². The molecule has 10 nitrogen and oxygen atoms in total. The summed E-state index contributed by atoms with van der Waals surface area (Å²) >= 11 is 6.47. The van der Waals surface area contributed by atoms with Crippen LogP contribution >= 0.6 is 11.6 Å². The van der Waals surface area contributed by atoms with Crippen molar-refractivity contribution >= 4 is 63.7 Å². The predicted octanol–water partition coefficient (Wildman–Crippen LogP) is 7.96. The molecule has 52 heavy (non-hydrogen) atoms. The van der Waals surface area contributed by atoms with E-state index in [1.807, 2.05) is 55.4 Å². The number of hydrogen-bond donors (Lipinski definition) is 1. The van der Waals surface area contributed by atoms with Crippen molar-refractivity contribution in [1.82, 2.24) is 0 Å². The van der Waals surface area contributed by atoms with E-state index in [0.717, 1.165) is 11.3 Å². The maximum absolute atomic E-state index is 14.5. The zero-order valence-electron chi connectivity index (χ0n) is 28.8. The summed E-state index contributed by atoms with van der Waals surface area (Å²) in [5.41, 5.74) is 3.08. The highest BCUT2D eigenvalue weighted by atomic mass is 35.5. The standard InChI is InChI=1S/C41H36ClN5O5/c1-41-33(38(50)47(40(41)52)27-7-5-4-6-8-27)22-31-29(36(41)32-21-23(42)9-20-34(32)48)18-19-30-35(31)39(51)46(37(30)49)28-16-12-25(13-17-28)44-43-24-10-14-26(15-11-24)45(2)3/h4-18,20-21,30-31,33,35-36,48H,19,22H2,1-3H3. The zero-order valence-corrected chi connectivity index (χ0v) is 29.6. The number of hydrogen-bond acceptors (Lipinski definition) is 8. The van der Waals surface area contributed by atoms with E-state index in [1.165, 1.54) is 15.9 Å². The Kier molecular flexibility index (Phi) is 8.10. The monoisotopic (exact) mass is 713 g/mol. The molecule has 6 unspecified atom stereocenters. The largest absolute Gasteiger partial charge is 0.508 e. The molecular weight excluding hydrogens is 678 g/mol. The molecule has 2 aliphatic carbocycles. The number of imide groups is 2. The minimum absolute atomic E-state index is 0.0604. The van der Waals surface area contributed by atoms with Crippen molar-refractivity contribution in [1.29, 1.82) is 0 Å². The van der Waals surface area contributed by atoms with Crippen LogP contribution in [0.1, 0.15) is 31.2 Å². The van der Waals surface area contributed by atoms with E-state index in [9.17, 15) is 24.3 Å². The van der Waals surface area contributed by atoms with E-state index in [4.69, 9.17) is 11.6 Å². The van der Waals surface area contributed by atoms with E-state index in [2.05, 4.69) is 10.2 Å². The molecule has 4 aliphatic rings. The van der Waals surface area contributed by atoms with Crippen LogP contribution in [-0.4, -0.2) is 42.8 Å². The Morgan fingerprint density at radius 2 is 1.40 bits per heavy atom. The number of carbonyl (C=O) groups excluding carboxylic acids is 4. The van der Waals surface area contributed by atoms with Gasteiger partial charge in [-0.25, -0.2) is 4.90 Å². The molecule has 4 aromatic rings. The highest BCUT2D eigenvalue weighted by molar-refractivity contribution is 6.30. The molecule has 11 heteroatoms. The average Bonchev–Trinajstić information content (AvgIpc) is 3.52. The van der Waals surface area contributed by atoms with Gasteiger partial charge in [-0.15, -0.1) is 0 Å². The molecule has 4 aromatic carbocycles. The summed E-state index contributed by atoms with van der Waals surface area (Å²) < 4.78 is 0. The first-order chi connectivity index (χ1) is 25.0. The second-order valence-electron chi connectivity index (χ2n) is 14.3. The van der Waals surface area contributed by atoms with Crippen molar-refractivity contribution < 1.29 is 24.3 Å². The van der Waals surface area contributed by atoms with Gasteiger partial charge >= 0.3 is 0 Å². The summed E-state index contributed by atoms with van der Waals surface area (Å²) in [5, 5.41) is 20.3. The highest BCUT2D eigenvalue weighted by Gasteiger charge is 2.68. The number of halogens is 1. The third-order valence-corrected chi connectivity index (χ3v) is 11.6. The van der Waals surface area contributed by atoms with Crippen molar-refractivity contribution in [2.75, 3.05) is 28.8 Å². The van der Waals surface area contributed by atoms with Gasteiger partial charge in [0.1, 0.15) is 5.75 Å². The number of azo groups is 1. The van der Waals surface area contributed by atoms with Gasteiger partial charge in [0.05, 0.1) is 45.9 Å². The van der Waals surface area contributed by atoms with Crippen molar-refractivity contribution in [2.24, 2.45) is 39.3 Å². The maximum Gasteiger partial charge on any atom is 0.241 e. The van der Waals surface area contributed by atoms with Crippen molar-refractivity contribution in [3.05, 3.63) is 119 Å². The van der Waals surface area contributed by atoms with Gasteiger partial charge in [-0.3, -0.25) is 24.1 Å². The molecule has 8 rings (SSSR count). The van der Waals surface area contributed by atoms with Gasteiger partial charge in [-0.05, 0) is 105 Å². The second kappa shape index (κ2) is 12.6. The number of benzene rings is 4. The van der Waals surface area contributed by atoms with Gasteiger partial charge < -0.3 is 10.0 Å². The molecule has 262 valence electrons. The van der Waals surface area contributed by atoms with Crippen molar-refractivity contribution in [3.8, 4) is 5.75 Å². The smallest absolute Gasteiger partial charge is 0.241 e. The van der Waals surface area contributed by atoms with Gasteiger partial charge in [-0.1, -0.05) is 41.4 Å². The molecule has 2 saturated heterocycles. The van der Waals surface area contributed by atoms with Crippen LogP contribution < -0.4 is 14.7 Å². The number of amides is 4. The number of phenols is 1. The minimum atomic E-state index is -1.28. The molecule has 3 fully saturated rings. The topological polar surface area (TPSA) is 123 Å². The summed E-state index contributed by atoms with van der Waals surface area (Å²) in [6, 6.07) is 27.9. The number of rotatable bonds is 6. The van der Waals surface area contributed by atoms with E-state index < -0.39 is 35.0 Å². The number of phenolic OH excluding ortho intramolecular Hbond substituents is 1. The SMILES string of the molecule is CN(C)c1ccc(N=Nc2ccc(N3C(=O)C4CC=C5C(CC6C(=O)N(c7ccccc7)C(=O)C6(C)C5c5cc(Cl)ccc5O)C4C3=O)cc2)cc1. The van der Waals surface area contributed by atoms with Crippen LogP contribution in [0.15, 0.2) is 119 Å². The number of para-hydroxylation sites is 1. The number of fused-ring (bicyclic) bond motifs is 4. The lowest BCUT2D eigenvalue weighted by Crippen LogP contribution is -2.48. The second-order valence-corrected chi connectivity index (χ2v) is 14.8. The fourth-order valence-electron chi connectivity index (χ4n) is 8.79. The normalized spacial score (nSPS) is 26.8. The first-order valence-electron chi connectivity index (χ1n) is 17.3. The van der Waals surface area contributed by atoms with E-state index in [-0.39, 0.29) is 42.2 Å². The third-order valence-electron chi connectivity index (χ3n) is 11.3. The quantitative estimate of drug-likeness (QED) is 0.123. The molecule has 0 aromatic heterocycles. The first kappa shape index (κ1) is 33.5. The molecule has 1 N–H and O–H groups in total. The van der Waals surface area contributed by atoms with Crippen molar-refractivity contribution in [3.63, 3.8) is 0 Å². The Bertz CT molecular complexity index is 2190. The fraction of sp³-hybridized carbons (Fsp3) is 0.268. The Labute approximate surface area is 306 Å². The summed E-state index contributed by atoms with van der Waals surface area (Å²) in [6.07, 6.45) is 2.43. The van der Waals surface area contributed by atoms with Gasteiger partial charge in [0, 0.05) is 36.3 Å². The molecule has 6 atom stereocenters. The molecular formula is C41H36ClN5O5. The molecule has 0 radical (unpaired) electrons. The van der Waals surface area contributed by atoms with Crippen LogP contribution in [0.3, 0.4) is 0 Å². The van der Waals surface area contributed by atoms with Crippen molar-refractivity contribution in [2.45, 2.75) is 25.7 Å². The Hall–Kier alpha value is -5.61. The summed E-state index contributed by atoms with van der Waals surface area (Å²) in [6.45, 7) is 1.78. The van der Waals surface area contributed by atoms with Gasteiger partial charge in [0.15, 0.2) is 0 Å². The minimum Gasteiger partial charge on any atom is -0.508 e. The van der Waals surface area contributed by atoms with Crippen LogP contribution in [0.4, 0.5) is 28.4 Å². The summed E-state index contributed by atoms with van der Waals surface area (Å²) in [4.78, 5) is 61.8. The molecule has 2 heterocycles. The lowest BCUT2D eigenvalue weighted by molar-refractivity contribution is -0.131. The van der Waals surface area contributed by atoms with Gasteiger partial charge in [0.2, 0.25) is 23.6 Å². The van der Waals surface area contributed by atoms with Crippen LogP contribution in [0.5, 0.6) is 5.75 Å². The van der Waals surface area contributed by atoms with Crippen LogP contribution in [0.2, 0.25) is 5.02 Å². The average molecular weight is 714 g/mol. The van der Waals surface area contributed by atoms with Crippen LogP contribution in [0, 0.1) is 29.1 Å². The third kappa shape index (κ3) is 5.15. The predicted molar refractivity (Wildman–Crippen MR) is 198 cm³/mol. The molecule has 0 bridgehead atoms. The zero-order chi connectivity index (χ0) is 36.5. The number of carbonyl (C=O) groups is 4. The molecule has 2 aliphatic heterocycles. The molecule has 4 amide bonds. The van der Waals surface area contributed by atoms with E-state index in [1.54, 1.807) is 67.6 Å². The summed E-state index contributed by atoms with van der Waals surface area (Å²) in [5.74, 6) is -4.95. The fourth-order valence-corrected chi connectivity index (χ4v) is 8.98. The lowest BCUT2D eigenvalue weighted by atomic mass is 9.51. The Morgan fingerprint density at radius 3 is 2.06 bits per heavy atom.